The molecule has 8 heteroatoms. The summed E-state index contributed by atoms with van der Waals surface area (Å²) in [7, 11) is 0. The van der Waals surface area contributed by atoms with E-state index in [1.165, 1.54) is 5.56 Å². The zero-order valence-corrected chi connectivity index (χ0v) is 20.6. The van der Waals surface area contributed by atoms with E-state index in [2.05, 4.69) is 56.3 Å². The van der Waals surface area contributed by atoms with Crippen molar-refractivity contribution in [3.05, 3.63) is 94.4 Å². The highest BCUT2D eigenvalue weighted by atomic mass is 79.9. The fourth-order valence-corrected chi connectivity index (χ4v) is 5.47. The highest BCUT2D eigenvalue weighted by Crippen LogP contribution is 2.45. The number of halogens is 1. The van der Waals surface area contributed by atoms with E-state index in [1.807, 2.05) is 48.5 Å². The maximum atomic E-state index is 6.46. The van der Waals surface area contributed by atoms with Crippen molar-refractivity contribution < 1.29 is 13.9 Å². The smallest absolute Gasteiger partial charge is 0.231 e. The number of anilines is 1. The molecule has 2 aromatic heterocycles. The molecule has 1 N–H and O–H groups in total. The van der Waals surface area contributed by atoms with Crippen LogP contribution in [-0.2, 0) is 0 Å². The van der Waals surface area contributed by atoms with Gasteiger partial charge in [0.2, 0.25) is 6.79 Å². The van der Waals surface area contributed by atoms with Gasteiger partial charge < -0.3 is 24.1 Å². The first-order chi connectivity index (χ1) is 16.6. The van der Waals surface area contributed by atoms with Gasteiger partial charge in [-0.15, -0.1) is 0 Å². The summed E-state index contributed by atoms with van der Waals surface area (Å²) in [6, 6.07) is 21.5. The molecule has 2 aliphatic heterocycles. The molecular weight excluding hydrogens is 514 g/mol. The Morgan fingerprint density at radius 3 is 2.74 bits per heavy atom. The van der Waals surface area contributed by atoms with Crippen LogP contribution in [0.2, 0.25) is 0 Å². The molecule has 6 nitrogen and oxygen atoms in total. The predicted octanol–water partition coefficient (Wildman–Crippen LogP) is 6.32. The minimum Gasteiger partial charge on any atom is -0.459 e. The van der Waals surface area contributed by atoms with Crippen LogP contribution in [-0.4, -0.2) is 16.9 Å². The van der Waals surface area contributed by atoms with Crippen LogP contribution in [0.25, 0.3) is 11.3 Å². The lowest BCUT2D eigenvalue weighted by Gasteiger charge is -2.26. The summed E-state index contributed by atoms with van der Waals surface area (Å²) in [5.74, 6) is 2.99. The average Bonchev–Trinajstić information content (AvgIpc) is 3.57. The van der Waals surface area contributed by atoms with Crippen LogP contribution < -0.4 is 19.7 Å². The van der Waals surface area contributed by atoms with E-state index in [-0.39, 0.29) is 18.9 Å². The van der Waals surface area contributed by atoms with E-state index in [0.717, 1.165) is 38.7 Å². The van der Waals surface area contributed by atoms with Crippen LogP contribution in [0.15, 0.2) is 81.8 Å². The number of fused-ring (bicyclic) bond motifs is 1. The lowest BCUT2D eigenvalue weighted by Crippen LogP contribution is -2.29. The number of furan rings is 1. The molecule has 0 aliphatic carbocycles. The van der Waals surface area contributed by atoms with Crippen LogP contribution in [0.3, 0.4) is 0 Å². The second kappa shape index (κ2) is 8.45. The first kappa shape index (κ1) is 21.2. The summed E-state index contributed by atoms with van der Waals surface area (Å²) in [5.41, 5.74) is 3.94. The van der Waals surface area contributed by atoms with Gasteiger partial charge in [-0.25, -0.2) is 0 Å². The number of rotatable bonds is 4. The molecule has 1 fully saturated rings. The number of pyridine rings is 1. The summed E-state index contributed by atoms with van der Waals surface area (Å²) in [5, 5.41) is 4.05. The Morgan fingerprint density at radius 2 is 1.91 bits per heavy atom. The molecule has 0 saturated carbocycles. The number of nitrogens with zero attached hydrogens (tertiary/aromatic N) is 2. The number of aromatic nitrogens is 1. The Bertz CT molecular complexity index is 1390. The molecule has 0 radical (unpaired) electrons. The minimum atomic E-state index is -0.249. The van der Waals surface area contributed by atoms with E-state index >= 15 is 0 Å². The quantitative estimate of drug-likeness (QED) is 0.308. The Morgan fingerprint density at radius 1 is 1.03 bits per heavy atom. The third-order valence-electron chi connectivity index (χ3n) is 6.04. The van der Waals surface area contributed by atoms with E-state index in [4.69, 9.17) is 26.1 Å². The van der Waals surface area contributed by atoms with E-state index in [1.54, 1.807) is 6.20 Å². The number of hydrogen-bond acceptors (Lipinski definition) is 5. The summed E-state index contributed by atoms with van der Waals surface area (Å²) in [4.78, 5) is 6.66. The highest BCUT2D eigenvalue weighted by molar-refractivity contribution is 9.10. The molecule has 0 unspecified atom stereocenters. The van der Waals surface area contributed by atoms with Gasteiger partial charge in [-0.2, -0.15) is 0 Å². The van der Waals surface area contributed by atoms with Crippen molar-refractivity contribution in [2.45, 2.75) is 19.0 Å². The molecule has 2 atom stereocenters. The van der Waals surface area contributed by atoms with Gasteiger partial charge in [-0.05, 0) is 73.2 Å². The van der Waals surface area contributed by atoms with Crippen LogP contribution in [0, 0.1) is 6.92 Å². The zero-order valence-electron chi connectivity index (χ0n) is 18.2. The van der Waals surface area contributed by atoms with Crippen molar-refractivity contribution in [3.8, 4) is 22.8 Å². The maximum Gasteiger partial charge on any atom is 0.231 e. The summed E-state index contributed by atoms with van der Waals surface area (Å²) < 4.78 is 18.6. The van der Waals surface area contributed by atoms with Gasteiger partial charge in [0.1, 0.15) is 17.6 Å². The third kappa shape index (κ3) is 3.63. The van der Waals surface area contributed by atoms with Crippen molar-refractivity contribution in [2.24, 2.45) is 0 Å². The van der Waals surface area contributed by atoms with Crippen LogP contribution >= 0.6 is 28.1 Å². The topological polar surface area (TPSA) is 59.8 Å². The largest absolute Gasteiger partial charge is 0.459 e. The predicted molar refractivity (Wildman–Crippen MR) is 137 cm³/mol. The van der Waals surface area contributed by atoms with Gasteiger partial charge in [0, 0.05) is 28.0 Å². The van der Waals surface area contributed by atoms with Crippen molar-refractivity contribution in [2.75, 3.05) is 11.7 Å². The first-order valence-electron chi connectivity index (χ1n) is 10.8. The van der Waals surface area contributed by atoms with Crippen molar-refractivity contribution >= 4 is 38.9 Å². The average molecular weight is 534 g/mol. The monoisotopic (exact) mass is 533 g/mol. The molecule has 0 amide bonds. The molecular formula is C26H20BrN3O3S. The molecule has 1 saturated heterocycles. The van der Waals surface area contributed by atoms with Gasteiger partial charge >= 0.3 is 0 Å². The van der Waals surface area contributed by atoms with Crippen LogP contribution in [0.5, 0.6) is 11.5 Å². The minimum absolute atomic E-state index is 0.195. The Balaban J connectivity index is 1.45. The van der Waals surface area contributed by atoms with E-state index in [0.29, 0.717) is 10.9 Å². The number of thiocarbonyl (C=S) groups is 1. The van der Waals surface area contributed by atoms with Gasteiger partial charge in [0.15, 0.2) is 16.6 Å². The maximum absolute atomic E-state index is 6.46. The summed E-state index contributed by atoms with van der Waals surface area (Å²) in [6.07, 6.45) is 1.79. The summed E-state index contributed by atoms with van der Waals surface area (Å²) in [6.45, 7) is 2.28. The summed E-state index contributed by atoms with van der Waals surface area (Å²) >= 11 is 9.48. The molecule has 6 rings (SSSR count). The molecule has 4 aromatic rings. The van der Waals surface area contributed by atoms with Crippen molar-refractivity contribution in [1.82, 2.24) is 10.3 Å². The Hall–Kier alpha value is -3.36. The molecule has 34 heavy (non-hydrogen) atoms. The van der Waals surface area contributed by atoms with E-state index in [9.17, 15) is 0 Å². The fourth-order valence-electron chi connectivity index (χ4n) is 4.43. The standard InChI is InChI=1S/C26H20BrN3O3S/c1-15-5-7-17(18(27)12-15)20-9-10-22(33-20)25-24(19-4-2-3-11-28-19)29-26(34)30(25)16-6-8-21-23(13-16)32-14-31-21/h2-13,24-25H,14H2,1H3,(H,29,34)/t24-,25-/m0/s1. The lowest BCUT2D eigenvalue weighted by molar-refractivity contribution is 0.174. The molecule has 2 aromatic carbocycles. The molecule has 4 heterocycles. The lowest BCUT2D eigenvalue weighted by atomic mass is 10.0. The van der Waals surface area contributed by atoms with Gasteiger partial charge in [0.25, 0.3) is 0 Å². The second-order valence-corrected chi connectivity index (χ2v) is 9.46. The first-order valence-corrected chi connectivity index (χ1v) is 12.1. The number of benzene rings is 2. The van der Waals surface area contributed by atoms with Crippen LogP contribution in [0.1, 0.15) is 29.1 Å². The molecule has 2 aliphatic rings. The Labute approximate surface area is 210 Å². The van der Waals surface area contributed by atoms with E-state index < -0.39 is 0 Å². The van der Waals surface area contributed by atoms with Crippen LogP contribution in [0.4, 0.5) is 5.69 Å². The van der Waals surface area contributed by atoms with Gasteiger partial charge in [-0.3, -0.25) is 4.98 Å². The molecule has 0 spiro atoms. The fraction of sp³-hybridized carbons (Fsp3) is 0.154. The normalized spacial score (nSPS) is 18.9. The van der Waals surface area contributed by atoms with Crippen molar-refractivity contribution in [3.63, 3.8) is 0 Å². The number of nitrogens with one attached hydrogen (secondary N) is 1. The number of ether oxygens (including phenoxy) is 2. The zero-order chi connectivity index (χ0) is 23.2. The Kier molecular flexibility index (Phi) is 5.27. The van der Waals surface area contributed by atoms with Crippen molar-refractivity contribution in [1.29, 1.82) is 0 Å². The SMILES string of the molecule is Cc1ccc(-c2ccc([C@H]3[C@H](c4ccccn4)NC(=S)N3c3ccc4c(c3)OCO4)o2)c(Br)c1. The molecule has 170 valence electrons. The third-order valence-corrected chi connectivity index (χ3v) is 7.01. The highest BCUT2D eigenvalue weighted by Gasteiger charge is 2.43. The van der Waals surface area contributed by atoms with Gasteiger partial charge in [0.05, 0.1) is 11.7 Å². The van der Waals surface area contributed by atoms with Gasteiger partial charge in [-0.1, -0.05) is 28.1 Å². The number of aryl methyl sites for hydroxylation is 1. The number of hydrogen-bond donors (Lipinski definition) is 1. The second-order valence-electron chi connectivity index (χ2n) is 8.22. The molecule has 0 bridgehead atoms.